The molecule has 0 bridgehead atoms. The number of hydrogen-bond donors (Lipinski definition) is 2. The van der Waals surface area contributed by atoms with Crippen molar-refractivity contribution in [3.05, 3.63) is 30.3 Å². The Labute approximate surface area is 95.7 Å². The van der Waals surface area contributed by atoms with Crippen molar-refractivity contribution in [2.75, 3.05) is 6.54 Å². The number of para-hydroxylation sites is 1. The third kappa shape index (κ3) is 5.36. The number of carbonyl (C=O) groups excluding carboxylic acids is 1. The van der Waals surface area contributed by atoms with E-state index < -0.39 is 0 Å². The standard InChI is InChI=1S/C12H18N2O2/c13-10-6-2-5-9-12(15)14-16-11-7-3-1-4-8-11/h1,3-4,7-8H,2,5-6,9-10,13H2,(H,14,15). The monoisotopic (exact) mass is 222 g/mol. The molecular weight excluding hydrogens is 204 g/mol. The zero-order valence-corrected chi connectivity index (χ0v) is 9.32. The lowest BCUT2D eigenvalue weighted by Gasteiger charge is -2.06. The summed E-state index contributed by atoms with van der Waals surface area (Å²) >= 11 is 0. The third-order valence-corrected chi connectivity index (χ3v) is 2.13. The second-order valence-corrected chi connectivity index (χ2v) is 3.54. The summed E-state index contributed by atoms with van der Waals surface area (Å²) < 4.78 is 0. The van der Waals surface area contributed by atoms with Crippen LogP contribution in [0.4, 0.5) is 0 Å². The fraction of sp³-hybridized carbons (Fsp3) is 0.417. The van der Waals surface area contributed by atoms with Crippen molar-refractivity contribution >= 4 is 5.91 Å². The Hall–Kier alpha value is -1.55. The third-order valence-electron chi connectivity index (χ3n) is 2.13. The highest BCUT2D eigenvalue weighted by molar-refractivity contribution is 5.74. The van der Waals surface area contributed by atoms with Gasteiger partial charge in [0.1, 0.15) is 0 Å². The molecule has 0 radical (unpaired) electrons. The van der Waals surface area contributed by atoms with Gasteiger partial charge < -0.3 is 10.6 Å². The zero-order valence-electron chi connectivity index (χ0n) is 9.32. The number of amides is 1. The summed E-state index contributed by atoms with van der Waals surface area (Å²) in [6.45, 7) is 0.683. The number of benzene rings is 1. The van der Waals surface area contributed by atoms with E-state index in [0.29, 0.717) is 18.7 Å². The van der Waals surface area contributed by atoms with Crippen LogP contribution in [0.1, 0.15) is 25.7 Å². The van der Waals surface area contributed by atoms with Crippen LogP contribution in [-0.2, 0) is 4.79 Å². The molecule has 0 aliphatic carbocycles. The van der Waals surface area contributed by atoms with Crippen LogP contribution in [0.15, 0.2) is 30.3 Å². The minimum absolute atomic E-state index is 0.0964. The smallest absolute Gasteiger partial charge is 0.252 e. The van der Waals surface area contributed by atoms with Gasteiger partial charge in [-0.15, -0.1) is 0 Å². The Morgan fingerprint density at radius 3 is 2.62 bits per heavy atom. The van der Waals surface area contributed by atoms with Gasteiger partial charge in [-0.2, -0.15) is 5.48 Å². The molecular formula is C12H18N2O2. The summed E-state index contributed by atoms with van der Waals surface area (Å²) in [5, 5.41) is 0. The molecule has 16 heavy (non-hydrogen) atoms. The van der Waals surface area contributed by atoms with E-state index in [1.807, 2.05) is 18.2 Å². The molecule has 0 spiro atoms. The van der Waals surface area contributed by atoms with Crippen LogP contribution in [0, 0.1) is 0 Å². The maximum atomic E-state index is 11.3. The predicted octanol–water partition coefficient (Wildman–Crippen LogP) is 1.62. The van der Waals surface area contributed by atoms with Crippen LogP contribution in [-0.4, -0.2) is 12.5 Å². The fourth-order valence-corrected chi connectivity index (χ4v) is 1.26. The van der Waals surface area contributed by atoms with Gasteiger partial charge >= 0.3 is 0 Å². The molecule has 4 heteroatoms. The largest absolute Gasteiger partial charge is 0.380 e. The van der Waals surface area contributed by atoms with Crippen LogP contribution in [0.3, 0.4) is 0 Å². The molecule has 4 nitrogen and oxygen atoms in total. The topological polar surface area (TPSA) is 64.4 Å². The molecule has 1 rings (SSSR count). The highest BCUT2D eigenvalue weighted by atomic mass is 16.7. The molecule has 0 heterocycles. The quantitative estimate of drug-likeness (QED) is 0.544. The Balaban J connectivity index is 2.11. The Morgan fingerprint density at radius 2 is 1.94 bits per heavy atom. The predicted molar refractivity (Wildman–Crippen MR) is 62.7 cm³/mol. The first-order valence-electron chi connectivity index (χ1n) is 5.53. The molecule has 0 fully saturated rings. The molecule has 0 aromatic heterocycles. The molecule has 0 unspecified atom stereocenters. The summed E-state index contributed by atoms with van der Waals surface area (Å²) in [4.78, 5) is 16.4. The fourth-order valence-electron chi connectivity index (χ4n) is 1.26. The van der Waals surface area contributed by atoms with Crippen molar-refractivity contribution in [3.63, 3.8) is 0 Å². The highest BCUT2D eigenvalue weighted by Crippen LogP contribution is 2.06. The highest BCUT2D eigenvalue weighted by Gasteiger charge is 2.01. The molecule has 1 amide bonds. The normalized spacial score (nSPS) is 9.81. The first kappa shape index (κ1) is 12.5. The van der Waals surface area contributed by atoms with Crippen LogP contribution < -0.4 is 16.1 Å². The minimum Gasteiger partial charge on any atom is -0.380 e. The Bertz CT molecular complexity index is 301. The molecule has 88 valence electrons. The number of unbranched alkanes of at least 4 members (excludes halogenated alkanes) is 2. The number of hydroxylamine groups is 1. The molecule has 0 aliphatic heterocycles. The summed E-state index contributed by atoms with van der Waals surface area (Å²) in [5.41, 5.74) is 7.76. The van der Waals surface area contributed by atoms with Gasteiger partial charge in [-0.05, 0) is 31.5 Å². The van der Waals surface area contributed by atoms with E-state index in [-0.39, 0.29) is 5.91 Å². The molecule has 1 aromatic carbocycles. The lowest BCUT2D eigenvalue weighted by atomic mass is 10.2. The van der Waals surface area contributed by atoms with E-state index in [9.17, 15) is 4.79 Å². The van der Waals surface area contributed by atoms with E-state index in [2.05, 4.69) is 5.48 Å². The number of rotatable bonds is 7. The van der Waals surface area contributed by atoms with E-state index in [1.54, 1.807) is 12.1 Å². The first-order valence-corrected chi connectivity index (χ1v) is 5.53. The second-order valence-electron chi connectivity index (χ2n) is 3.54. The number of nitrogens with two attached hydrogens (primary N) is 1. The van der Waals surface area contributed by atoms with Crippen molar-refractivity contribution in [3.8, 4) is 5.75 Å². The maximum absolute atomic E-state index is 11.3. The van der Waals surface area contributed by atoms with Gasteiger partial charge in [0.05, 0.1) is 0 Å². The van der Waals surface area contributed by atoms with Crippen LogP contribution in [0.2, 0.25) is 0 Å². The van der Waals surface area contributed by atoms with Crippen LogP contribution in [0.25, 0.3) is 0 Å². The SMILES string of the molecule is NCCCCCC(=O)NOc1ccccc1. The van der Waals surface area contributed by atoms with E-state index in [1.165, 1.54) is 0 Å². The minimum atomic E-state index is -0.0964. The van der Waals surface area contributed by atoms with Crippen molar-refractivity contribution < 1.29 is 9.63 Å². The van der Waals surface area contributed by atoms with Gasteiger partial charge in [-0.1, -0.05) is 24.6 Å². The van der Waals surface area contributed by atoms with E-state index in [0.717, 1.165) is 19.3 Å². The first-order chi connectivity index (χ1) is 7.83. The van der Waals surface area contributed by atoms with Crippen LogP contribution >= 0.6 is 0 Å². The molecule has 3 N–H and O–H groups in total. The lowest BCUT2D eigenvalue weighted by molar-refractivity contribution is -0.127. The van der Waals surface area contributed by atoms with Crippen molar-refractivity contribution in [1.82, 2.24) is 5.48 Å². The molecule has 1 aromatic rings. The summed E-state index contributed by atoms with van der Waals surface area (Å²) in [6.07, 6.45) is 3.27. The average Bonchev–Trinajstić information content (AvgIpc) is 2.33. The van der Waals surface area contributed by atoms with E-state index >= 15 is 0 Å². The van der Waals surface area contributed by atoms with Gasteiger partial charge in [0.25, 0.3) is 5.91 Å². The summed E-state index contributed by atoms with van der Waals surface area (Å²) in [5.74, 6) is 0.540. The maximum Gasteiger partial charge on any atom is 0.252 e. The number of carbonyl (C=O) groups is 1. The Kier molecular flexibility index (Phi) is 6.03. The molecule has 0 saturated heterocycles. The molecule has 0 saturated carbocycles. The second kappa shape index (κ2) is 7.70. The van der Waals surface area contributed by atoms with Gasteiger partial charge in [0.15, 0.2) is 5.75 Å². The van der Waals surface area contributed by atoms with Crippen molar-refractivity contribution in [2.24, 2.45) is 5.73 Å². The van der Waals surface area contributed by atoms with Gasteiger partial charge in [-0.25, -0.2) is 0 Å². The van der Waals surface area contributed by atoms with E-state index in [4.69, 9.17) is 10.6 Å². The van der Waals surface area contributed by atoms with Gasteiger partial charge in [0, 0.05) is 6.42 Å². The van der Waals surface area contributed by atoms with Crippen LogP contribution in [0.5, 0.6) is 5.75 Å². The lowest BCUT2D eigenvalue weighted by Crippen LogP contribution is -2.26. The van der Waals surface area contributed by atoms with Crippen molar-refractivity contribution in [1.29, 1.82) is 0 Å². The number of nitrogens with one attached hydrogen (secondary N) is 1. The zero-order chi connectivity index (χ0) is 11.6. The summed E-state index contributed by atoms with van der Waals surface area (Å²) in [6, 6.07) is 9.16. The summed E-state index contributed by atoms with van der Waals surface area (Å²) in [7, 11) is 0. The van der Waals surface area contributed by atoms with Gasteiger partial charge in [-0.3, -0.25) is 4.79 Å². The average molecular weight is 222 g/mol. The Morgan fingerprint density at radius 1 is 1.19 bits per heavy atom. The number of hydrogen-bond acceptors (Lipinski definition) is 3. The van der Waals surface area contributed by atoms with Crippen molar-refractivity contribution in [2.45, 2.75) is 25.7 Å². The molecule has 0 aliphatic rings. The van der Waals surface area contributed by atoms with Gasteiger partial charge in [0.2, 0.25) is 0 Å². The molecule has 0 atom stereocenters.